The largest absolute Gasteiger partial charge is 0.493 e. The van der Waals surface area contributed by atoms with E-state index in [1.165, 1.54) is 5.56 Å². The molecule has 0 N–H and O–H groups in total. The molecule has 0 aromatic heterocycles. The van der Waals surface area contributed by atoms with Gasteiger partial charge in [-0.3, -0.25) is 4.79 Å². The van der Waals surface area contributed by atoms with Crippen LogP contribution in [0.2, 0.25) is 0 Å². The predicted molar refractivity (Wildman–Crippen MR) is 107 cm³/mol. The molecular weight excluding hydrogens is 354 g/mol. The molecule has 1 fully saturated rings. The van der Waals surface area contributed by atoms with Crippen molar-refractivity contribution in [3.05, 3.63) is 58.7 Å². The minimum atomic E-state index is -0.106. The molecule has 5 nitrogen and oxygen atoms in total. The van der Waals surface area contributed by atoms with E-state index in [-0.39, 0.29) is 11.3 Å². The van der Waals surface area contributed by atoms with Crippen LogP contribution in [0.3, 0.4) is 0 Å². The van der Waals surface area contributed by atoms with Crippen LogP contribution in [0.15, 0.2) is 36.4 Å². The van der Waals surface area contributed by atoms with E-state index in [9.17, 15) is 4.79 Å². The maximum absolute atomic E-state index is 13.3. The quantitative estimate of drug-likeness (QED) is 0.813. The second kappa shape index (κ2) is 7.47. The summed E-state index contributed by atoms with van der Waals surface area (Å²) < 4.78 is 16.7. The summed E-state index contributed by atoms with van der Waals surface area (Å²) in [5.41, 5.74) is 4.13. The number of nitrogens with zero attached hydrogens (tertiary/aromatic N) is 1. The molecule has 0 saturated carbocycles. The Morgan fingerprint density at radius 1 is 1.07 bits per heavy atom. The molecule has 148 valence electrons. The Balaban J connectivity index is 1.77. The third-order valence-electron chi connectivity index (χ3n) is 6.04. The molecule has 0 bridgehead atoms. The van der Waals surface area contributed by atoms with Crippen molar-refractivity contribution in [2.75, 3.05) is 34.0 Å². The number of benzene rings is 2. The number of hydrogen-bond acceptors (Lipinski definition) is 4. The molecule has 1 spiro atoms. The summed E-state index contributed by atoms with van der Waals surface area (Å²) in [6.45, 7) is 4.70. The molecule has 0 unspecified atom stereocenters. The minimum absolute atomic E-state index is 0.0787. The van der Waals surface area contributed by atoms with Crippen molar-refractivity contribution in [3.63, 3.8) is 0 Å². The molecule has 0 atom stereocenters. The maximum atomic E-state index is 13.3. The lowest BCUT2D eigenvalue weighted by Gasteiger charge is -2.46. The number of methoxy groups -OCH3 is 2. The van der Waals surface area contributed by atoms with Gasteiger partial charge in [-0.1, -0.05) is 17.7 Å². The topological polar surface area (TPSA) is 48.0 Å². The fraction of sp³-hybridized carbons (Fsp3) is 0.435. The van der Waals surface area contributed by atoms with E-state index in [1.54, 1.807) is 14.2 Å². The lowest BCUT2D eigenvalue weighted by molar-refractivity contribution is 0.0236. The van der Waals surface area contributed by atoms with Gasteiger partial charge in [0.25, 0.3) is 5.91 Å². The minimum Gasteiger partial charge on any atom is -0.493 e. The average molecular weight is 381 g/mol. The van der Waals surface area contributed by atoms with E-state index in [0.29, 0.717) is 32.1 Å². The second-order valence-electron chi connectivity index (χ2n) is 7.79. The summed E-state index contributed by atoms with van der Waals surface area (Å²) in [5, 5.41) is 0. The van der Waals surface area contributed by atoms with Crippen molar-refractivity contribution in [2.24, 2.45) is 0 Å². The van der Waals surface area contributed by atoms with Crippen molar-refractivity contribution in [2.45, 2.75) is 31.7 Å². The molecule has 1 saturated heterocycles. The molecule has 2 heterocycles. The van der Waals surface area contributed by atoms with Crippen LogP contribution in [0, 0.1) is 6.92 Å². The third-order valence-corrected chi connectivity index (χ3v) is 6.04. The number of amides is 1. The van der Waals surface area contributed by atoms with E-state index >= 15 is 0 Å². The van der Waals surface area contributed by atoms with Crippen molar-refractivity contribution in [1.29, 1.82) is 0 Å². The first-order chi connectivity index (χ1) is 13.6. The lowest BCUT2D eigenvalue weighted by atomic mass is 9.69. The molecular formula is C23H27NO4. The zero-order valence-corrected chi connectivity index (χ0v) is 16.8. The highest BCUT2D eigenvalue weighted by Gasteiger charge is 2.43. The fourth-order valence-electron chi connectivity index (χ4n) is 4.55. The monoisotopic (exact) mass is 381 g/mol. The van der Waals surface area contributed by atoms with Gasteiger partial charge in [0.05, 0.1) is 14.2 Å². The van der Waals surface area contributed by atoms with Crippen molar-refractivity contribution in [3.8, 4) is 11.5 Å². The second-order valence-corrected chi connectivity index (χ2v) is 7.79. The summed E-state index contributed by atoms with van der Waals surface area (Å²) in [5.74, 6) is 1.52. The number of fused-ring (bicyclic) bond motifs is 2. The first-order valence-electron chi connectivity index (χ1n) is 9.75. The first-order valence-corrected chi connectivity index (χ1v) is 9.75. The van der Waals surface area contributed by atoms with Crippen LogP contribution in [0.25, 0.3) is 0 Å². The zero-order chi connectivity index (χ0) is 19.7. The Bertz CT molecular complexity index is 886. The molecule has 0 radical (unpaired) electrons. The highest BCUT2D eigenvalue weighted by atomic mass is 16.5. The van der Waals surface area contributed by atoms with E-state index in [1.807, 2.05) is 42.2 Å². The molecule has 28 heavy (non-hydrogen) atoms. The Kier molecular flexibility index (Phi) is 5.02. The predicted octanol–water partition coefficient (Wildman–Crippen LogP) is 3.72. The number of rotatable bonds is 3. The third kappa shape index (κ3) is 3.24. The summed E-state index contributed by atoms with van der Waals surface area (Å²) in [6.07, 6.45) is 1.79. The van der Waals surface area contributed by atoms with Gasteiger partial charge in [0, 0.05) is 37.3 Å². The Morgan fingerprint density at radius 3 is 2.46 bits per heavy atom. The SMILES string of the molecule is COc1cc2c(cc1OC)C1(CCOCC1)CN(C(=O)c1cccc(C)c1)C2. The average Bonchev–Trinajstić information content (AvgIpc) is 2.73. The standard InChI is InChI=1S/C23H27NO4/c1-16-5-4-6-17(11-16)22(25)24-14-18-12-20(26-2)21(27-3)13-19(18)23(15-24)7-9-28-10-8-23/h4-6,11-13H,7-10,14-15H2,1-3H3. The molecule has 2 aromatic carbocycles. The Labute approximate surface area is 166 Å². The number of hydrogen-bond donors (Lipinski definition) is 0. The first kappa shape index (κ1) is 18.8. The maximum Gasteiger partial charge on any atom is 0.254 e. The van der Waals surface area contributed by atoms with E-state index < -0.39 is 0 Å². The van der Waals surface area contributed by atoms with Crippen LogP contribution < -0.4 is 9.47 Å². The van der Waals surface area contributed by atoms with E-state index in [0.717, 1.165) is 35.3 Å². The number of aryl methyl sites for hydroxylation is 1. The van der Waals surface area contributed by atoms with Gasteiger partial charge in [0.1, 0.15) is 0 Å². The van der Waals surface area contributed by atoms with Crippen molar-refractivity contribution in [1.82, 2.24) is 4.90 Å². The van der Waals surface area contributed by atoms with E-state index in [4.69, 9.17) is 14.2 Å². The summed E-state index contributed by atoms with van der Waals surface area (Å²) >= 11 is 0. The normalized spacial score (nSPS) is 17.9. The van der Waals surface area contributed by atoms with Crippen LogP contribution in [0.5, 0.6) is 11.5 Å². The van der Waals surface area contributed by atoms with Crippen LogP contribution >= 0.6 is 0 Å². The van der Waals surface area contributed by atoms with Gasteiger partial charge in [-0.2, -0.15) is 0 Å². The van der Waals surface area contributed by atoms with Gasteiger partial charge in [-0.05, 0) is 55.2 Å². The number of carbonyl (C=O) groups is 1. The van der Waals surface area contributed by atoms with Gasteiger partial charge < -0.3 is 19.1 Å². The fourth-order valence-corrected chi connectivity index (χ4v) is 4.55. The number of ether oxygens (including phenoxy) is 3. The molecule has 0 aliphatic carbocycles. The van der Waals surface area contributed by atoms with Gasteiger partial charge in [0.2, 0.25) is 0 Å². The molecule has 2 aliphatic heterocycles. The summed E-state index contributed by atoms with van der Waals surface area (Å²) in [7, 11) is 3.31. The Hall–Kier alpha value is -2.53. The van der Waals surface area contributed by atoms with Gasteiger partial charge in [-0.15, -0.1) is 0 Å². The van der Waals surface area contributed by atoms with Crippen LogP contribution in [0.1, 0.15) is 39.9 Å². The van der Waals surface area contributed by atoms with Gasteiger partial charge >= 0.3 is 0 Å². The van der Waals surface area contributed by atoms with E-state index in [2.05, 4.69) is 6.07 Å². The van der Waals surface area contributed by atoms with Crippen LogP contribution in [-0.2, 0) is 16.7 Å². The molecule has 1 amide bonds. The van der Waals surface area contributed by atoms with Crippen molar-refractivity contribution >= 4 is 5.91 Å². The highest BCUT2D eigenvalue weighted by molar-refractivity contribution is 5.94. The lowest BCUT2D eigenvalue weighted by Crippen LogP contribution is -2.50. The highest BCUT2D eigenvalue weighted by Crippen LogP contribution is 2.45. The zero-order valence-electron chi connectivity index (χ0n) is 16.8. The van der Waals surface area contributed by atoms with Crippen LogP contribution in [-0.4, -0.2) is 44.8 Å². The summed E-state index contributed by atoms with van der Waals surface area (Å²) in [4.78, 5) is 15.3. The summed E-state index contributed by atoms with van der Waals surface area (Å²) in [6, 6.07) is 12.0. The molecule has 4 rings (SSSR count). The van der Waals surface area contributed by atoms with Gasteiger partial charge in [-0.25, -0.2) is 0 Å². The van der Waals surface area contributed by atoms with Gasteiger partial charge in [0.15, 0.2) is 11.5 Å². The number of carbonyl (C=O) groups excluding carboxylic acids is 1. The molecule has 2 aliphatic rings. The smallest absolute Gasteiger partial charge is 0.254 e. The van der Waals surface area contributed by atoms with Crippen molar-refractivity contribution < 1.29 is 19.0 Å². The van der Waals surface area contributed by atoms with Crippen LogP contribution in [0.4, 0.5) is 0 Å². The molecule has 5 heteroatoms. The Morgan fingerprint density at radius 2 is 1.79 bits per heavy atom. The molecule has 2 aromatic rings.